The highest BCUT2D eigenvalue weighted by atomic mass is 16.5. The number of H-pyrrole nitrogens is 1. The summed E-state index contributed by atoms with van der Waals surface area (Å²) in [5, 5.41) is 8.55. The quantitative estimate of drug-likeness (QED) is 0.700. The van der Waals surface area contributed by atoms with Gasteiger partial charge in [0, 0.05) is 11.9 Å². The van der Waals surface area contributed by atoms with Gasteiger partial charge in [-0.15, -0.1) is 0 Å². The normalized spacial score (nSPS) is 9.79. The maximum atomic E-state index is 11.3. The molecular weight excluding hydrogens is 186 g/mol. The summed E-state index contributed by atoms with van der Waals surface area (Å²) in [5.74, 6) is -1.48. The van der Waals surface area contributed by atoms with E-state index >= 15 is 0 Å². The minimum atomic E-state index is -0.988. The monoisotopic (exact) mass is 197 g/mol. The predicted octanol–water partition coefficient (Wildman–Crippen LogP) is 0.819. The van der Waals surface area contributed by atoms with E-state index in [0.29, 0.717) is 5.69 Å². The fourth-order valence-electron chi connectivity index (χ4n) is 1.10. The number of nitrogens with one attached hydrogen (secondary N) is 1. The van der Waals surface area contributed by atoms with Gasteiger partial charge < -0.3 is 14.8 Å². The molecule has 0 aliphatic rings. The predicted molar refractivity (Wildman–Crippen MR) is 48.1 cm³/mol. The van der Waals surface area contributed by atoms with Gasteiger partial charge in [0.1, 0.15) is 0 Å². The van der Waals surface area contributed by atoms with E-state index in [9.17, 15) is 9.59 Å². The second-order valence-electron chi connectivity index (χ2n) is 2.66. The molecular formula is C9H11NO4. The third-order valence-corrected chi connectivity index (χ3v) is 1.66. The Labute approximate surface area is 80.7 Å². The lowest BCUT2D eigenvalue weighted by molar-refractivity contribution is -0.136. The highest BCUT2D eigenvalue weighted by molar-refractivity contribution is 5.92. The first-order chi connectivity index (χ1) is 6.65. The average molecular weight is 197 g/mol. The molecule has 1 rings (SSSR count). The molecule has 0 spiro atoms. The molecule has 0 atom stereocenters. The molecule has 0 aromatic carbocycles. The number of carbonyl (C=O) groups is 2. The Morgan fingerprint density at radius 3 is 2.86 bits per heavy atom. The molecule has 0 saturated carbocycles. The molecule has 2 N–H and O–H groups in total. The van der Waals surface area contributed by atoms with Gasteiger partial charge in [0.25, 0.3) is 0 Å². The van der Waals surface area contributed by atoms with E-state index in [2.05, 4.69) is 4.98 Å². The highest BCUT2D eigenvalue weighted by Gasteiger charge is 2.15. The van der Waals surface area contributed by atoms with Crippen LogP contribution in [0.2, 0.25) is 0 Å². The minimum Gasteiger partial charge on any atom is -0.481 e. The summed E-state index contributed by atoms with van der Waals surface area (Å²) >= 11 is 0. The molecule has 0 fully saturated rings. The molecule has 5 heteroatoms. The summed E-state index contributed by atoms with van der Waals surface area (Å²) in [5.41, 5.74) is 0.658. The van der Waals surface area contributed by atoms with Crippen molar-refractivity contribution >= 4 is 11.9 Å². The fraction of sp³-hybridized carbons (Fsp3) is 0.333. The van der Waals surface area contributed by atoms with Crippen molar-refractivity contribution < 1.29 is 19.4 Å². The molecule has 0 amide bonds. The number of hydrogen-bond acceptors (Lipinski definition) is 3. The molecule has 0 radical (unpaired) electrons. The molecule has 0 bridgehead atoms. The highest BCUT2D eigenvalue weighted by Crippen LogP contribution is 2.09. The van der Waals surface area contributed by atoms with Crippen LogP contribution in [0.5, 0.6) is 0 Å². The molecule has 14 heavy (non-hydrogen) atoms. The average Bonchev–Trinajstić information content (AvgIpc) is 2.51. The number of carbonyl (C=O) groups excluding carboxylic acids is 1. The first kappa shape index (κ1) is 10.3. The largest absolute Gasteiger partial charge is 0.481 e. The summed E-state index contributed by atoms with van der Waals surface area (Å²) in [6.07, 6.45) is 1.31. The Morgan fingerprint density at radius 1 is 1.57 bits per heavy atom. The van der Waals surface area contributed by atoms with Crippen LogP contribution in [0.3, 0.4) is 0 Å². The number of carboxylic acid groups (broad SMARTS) is 1. The molecule has 0 saturated heterocycles. The van der Waals surface area contributed by atoms with Crippen molar-refractivity contribution in [1.82, 2.24) is 4.98 Å². The van der Waals surface area contributed by atoms with Gasteiger partial charge >= 0.3 is 11.9 Å². The molecule has 1 heterocycles. The molecule has 0 unspecified atom stereocenters. The Morgan fingerprint density at radius 2 is 2.29 bits per heavy atom. The first-order valence-corrected chi connectivity index (χ1v) is 4.20. The van der Waals surface area contributed by atoms with Crippen LogP contribution < -0.4 is 0 Å². The Bertz CT molecular complexity index is 342. The number of aliphatic carboxylic acids is 1. The lowest BCUT2D eigenvalue weighted by atomic mass is 10.2. The van der Waals surface area contributed by atoms with Crippen LogP contribution in [0.4, 0.5) is 0 Å². The van der Waals surface area contributed by atoms with E-state index in [1.807, 2.05) is 0 Å². The fourth-order valence-corrected chi connectivity index (χ4v) is 1.10. The van der Waals surface area contributed by atoms with Gasteiger partial charge in [-0.05, 0) is 13.0 Å². The van der Waals surface area contributed by atoms with E-state index < -0.39 is 11.9 Å². The number of aromatic nitrogens is 1. The summed E-state index contributed by atoms with van der Waals surface area (Å²) in [6.45, 7) is 1.97. The molecule has 1 aromatic heterocycles. The standard InChI is InChI=1S/C9H11NO4/c1-2-14-9(13)6-3-4-10-7(6)5-8(11)12/h3-4,10H,2,5H2,1H3,(H,11,12). The molecule has 1 aromatic rings. The van der Waals surface area contributed by atoms with E-state index in [1.54, 1.807) is 6.92 Å². The maximum Gasteiger partial charge on any atom is 0.339 e. The summed E-state index contributed by atoms with van der Waals surface area (Å²) in [7, 11) is 0. The number of ether oxygens (including phenoxy) is 1. The number of rotatable bonds is 4. The van der Waals surface area contributed by atoms with Gasteiger partial charge in [0.05, 0.1) is 18.6 Å². The lowest BCUT2D eigenvalue weighted by Gasteiger charge is -2.01. The van der Waals surface area contributed by atoms with Crippen molar-refractivity contribution in [3.63, 3.8) is 0 Å². The van der Waals surface area contributed by atoms with Crippen molar-refractivity contribution in [3.8, 4) is 0 Å². The van der Waals surface area contributed by atoms with Crippen LogP contribution in [0.25, 0.3) is 0 Å². The minimum absolute atomic E-state index is 0.207. The van der Waals surface area contributed by atoms with Crippen molar-refractivity contribution in [3.05, 3.63) is 23.5 Å². The van der Waals surface area contributed by atoms with Crippen LogP contribution in [-0.4, -0.2) is 28.6 Å². The van der Waals surface area contributed by atoms with Crippen LogP contribution in [0.15, 0.2) is 12.3 Å². The topological polar surface area (TPSA) is 79.4 Å². The zero-order valence-corrected chi connectivity index (χ0v) is 7.74. The number of esters is 1. The van der Waals surface area contributed by atoms with Crippen LogP contribution in [0.1, 0.15) is 23.0 Å². The Hall–Kier alpha value is -1.78. The lowest BCUT2D eigenvalue weighted by Crippen LogP contribution is -2.09. The van der Waals surface area contributed by atoms with Gasteiger partial charge in [0.15, 0.2) is 0 Å². The van der Waals surface area contributed by atoms with Gasteiger partial charge in [-0.3, -0.25) is 4.79 Å². The Balaban J connectivity index is 2.81. The van der Waals surface area contributed by atoms with Crippen LogP contribution in [-0.2, 0) is 16.0 Å². The second kappa shape index (κ2) is 4.45. The molecule has 76 valence electrons. The van der Waals surface area contributed by atoms with Gasteiger partial charge in [-0.25, -0.2) is 4.79 Å². The zero-order valence-electron chi connectivity index (χ0n) is 7.74. The number of hydrogen-bond donors (Lipinski definition) is 2. The number of aromatic amines is 1. The number of carboxylic acids is 1. The third-order valence-electron chi connectivity index (χ3n) is 1.66. The van der Waals surface area contributed by atoms with E-state index in [0.717, 1.165) is 0 Å². The SMILES string of the molecule is CCOC(=O)c1cc[nH]c1CC(=O)O. The van der Waals surface area contributed by atoms with Crippen molar-refractivity contribution in [2.75, 3.05) is 6.61 Å². The van der Waals surface area contributed by atoms with E-state index in [4.69, 9.17) is 9.84 Å². The van der Waals surface area contributed by atoms with Crippen LogP contribution >= 0.6 is 0 Å². The molecule has 0 aliphatic carbocycles. The van der Waals surface area contributed by atoms with Crippen LogP contribution in [0, 0.1) is 0 Å². The van der Waals surface area contributed by atoms with Gasteiger partial charge in [0.2, 0.25) is 0 Å². The van der Waals surface area contributed by atoms with Gasteiger partial charge in [-0.2, -0.15) is 0 Å². The third kappa shape index (κ3) is 2.35. The molecule has 5 nitrogen and oxygen atoms in total. The first-order valence-electron chi connectivity index (χ1n) is 4.20. The summed E-state index contributed by atoms with van der Waals surface area (Å²) in [6, 6.07) is 1.51. The zero-order chi connectivity index (χ0) is 10.6. The van der Waals surface area contributed by atoms with Gasteiger partial charge in [-0.1, -0.05) is 0 Å². The van der Waals surface area contributed by atoms with Crippen molar-refractivity contribution in [1.29, 1.82) is 0 Å². The van der Waals surface area contributed by atoms with E-state index in [-0.39, 0.29) is 18.6 Å². The van der Waals surface area contributed by atoms with Crippen molar-refractivity contribution in [2.45, 2.75) is 13.3 Å². The molecule has 0 aliphatic heterocycles. The second-order valence-corrected chi connectivity index (χ2v) is 2.66. The maximum absolute atomic E-state index is 11.3. The Kier molecular flexibility index (Phi) is 3.28. The van der Waals surface area contributed by atoms with Crippen molar-refractivity contribution in [2.24, 2.45) is 0 Å². The van der Waals surface area contributed by atoms with E-state index in [1.165, 1.54) is 12.3 Å². The smallest absolute Gasteiger partial charge is 0.339 e. The summed E-state index contributed by atoms with van der Waals surface area (Å²) < 4.78 is 4.76. The summed E-state index contributed by atoms with van der Waals surface area (Å²) in [4.78, 5) is 24.4.